The maximum atomic E-state index is 9.56. The first-order valence-corrected chi connectivity index (χ1v) is 8.29. The Labute approximate surface area is 142 Å². The van der Waals surface area contributed by atoms with Crippen molar-refractivity contribution in [1.29, 1.82) is 0 Å². The van der Waals surface area contributed by atoms with E-state index in [9.17, 15) is 5.02 Å². The van der Waals surface area contributed by atoms with Crippen LogP contribution in [0.15, 0.2) is 36.4 Å². The lowest BCUT2D eigenvalue weighted by atomic mass is 9.79. The number of ether oxygens (including phenoxy) is 2. The highest BCUT2D eigenvalue weighted by molar-refractivity contribution is 6.43. The highest BCUT2D eigenvalue weighted by atomic mass is 16.5. The Kier molecular flexibility index (Phi) is 5.38. The summed E-state index contributed by atoms with van der Waals surface area (Å²) in [7, 11) is 0.952. The van der Waals surface area contributed by atoms with Crippen molar-refractivity contribution >= 4 is 7.12 Å². The van der Waals surface area contributed by atoms with Crippen molar-refractivity contribution in [3.05, 3.63) is 42.0 Å². The van der Waals surface area contributed by atoms with Gasteiger partial charge in [0.2, 0.25) is 0 Å². The van der Waals surface area contributed by atoms with Crippen molar-refractivity contribution in [2.75, 3.05) is 20.3 Å². The summed E-state index contributed by atoms with van der Waals surface area (Å²) in [4.78, 5) is 4.61. The molecule has 5 nitrogen and oxygen atoms in total. The van der Waals surface area contributed by atoms with E-state index in [1.165, 1.54) is 0 Å². The molecule has 6 heteroatoms. The van der Waals surface area contributed by atoms with E-state index < -0.39 is 7.12 Å². The number of aromatic nitrogens is 1. The van der Waals surface area contributed by atoms with Crippen LogP contribution >= 0.6 is 0 Å². The van der Waals surface area contributed by atoms with Crippen molar-refractivity contribution in [2.45, 2.75) is 25.6 Å². The number of hydrogen-bond donors (Lipinski definition) is 1. The van der Waals surface area contributed by atoms with E-state index in [1.54, 1.807) is 7.11 Å². The first-order valence-electron chi connectivity index (χ1n) is 8.29. The molecule has 1 aliphatic heterocycles. The molecule has 1 atom stereocenters. The summed E-state index contributed by atoms with van der Waals surface area (Å²) in [5.74, 6) is 1.37. The Morgan fingerprint density at radius 2 is 2.21 bits per heavy atom. The first-order chi connectivity index (χ1) is 11.7. The van der Waals surface area contributed by atoms with Crippen LogP contribution < -0.4 is 9.47 Å². The van der Waals surface area contributed by atoms with Crippen molar-refractivity contribution in [3.8, 4) is 22.9 Å². The molecule has 3 rings (SSSR count). The largest absolute Gasteiger partial charge is 0.491 e. The molecule has 1 aromatic carbocycles. The molecule has 1 saturated heterocycles. The Morgan fingerprint density at radius 1 is 1.33 bits per heavy atom. The van der Waals surface area contributed by atoms with E-state index in [4.69, 9.17) is 14.1 Å². The summed E-state index contributed by atoms with van der Waals surface area (Å²) in [5.41, 5.74) is 3.00. The number of rotatable bonds is 6. The van der Waals surface area contributed by atoms with Crippen LogP contribution in [-0.4, -0.2) is 37.4 Å². The third-order valence-electron chi connectivity index (χ3n) is 4.12. The van der Waals surface area contributed by atoms with Gasteiger partial charge in [-0.05, 0) is 36.5 Å². The average Bonchev–Trinajstić information content (AvgIpc) is 3.06. The highest BCUT2D eigenvalue weighted by Crippen LogP contribution is 2.32. The SMILES string of the molecule is CCCOc1nc(-c2cccc([C@@H]3COB(O)C3)c2)ccc1OC. The van der Waals surface area contributed by atoms with Crippen LogP contribution in [0.25, 0.3) is 11.3 Å². The van der Waals surface area contributed by atoms with Crippen molar-refractivity contribution in [1.82, 2.24) is 4.98 Å². The van der Waals surface area contributed by atoms with Gasteiger partial charge in [-0.15, -0.1) is 0 Å². The summed E-state index contributed by atoms with van der Waals surface area (Å²) in [6.45, 7) is 3.20. The standard InChI is InChI=1S/C18H22BNO4/c1-3-9-23-18-17(22-2)8-7-16(20-18)14-6-4-5-13(10-14)15-11-19(21)24-12-15/h4-8,10,15,21H,3,9,11-12H2,1-2H3/t15-/m0/s1. The molecule has 0 unspecified atom stereocenters. The summed E-state index contributed by atoms with van der Waals surface area (Å²) < 4.78 is 16.3. The molecular formula is C18H22BNO4. The van der Waals surface area contributed by atoms with Crippen molar-refractivity contribution < 1.29 is 19.2 Å². The molecule has 1 aromatic heterocycles. The number of nitrogens with zero attached hydrogens (tertiary/aromatic N) is 1. The fourth-order valence-electron chi connectivity index (χ4n) is 2.84. The molecule has 24 heavy (non-hydrogen) atoms. The van der Waals surface area contributed by atoms with Gasteiger partial charge in [0.1, 0.15) is 0 Å². The Morgan fingerprint density at radius 3 is 2.92 bits per heavy atom. The fraction of sp³-hybridized carbons (Fsp3) is 0.389. The van der Waals surface area contributed by atoms with Gasteiger partial charge in [0.05, 0.1) is 19.4 Å². The molecule has 0 aliphatic carbocycles. The zero-order valence-corrected chi connectivity index (χ0v) is 14.1. The van der Waals surface area contributed by atoms with Crippen molar-refractivity contribution in [3.63, 3.8) is 0 Å². The van der Waals surface area contributed by atoms with Gasteiger partial charge in [-0.3, -0.25) is 0 Å². The molecule has 0 radical (unpaired) electrons. The second-order valence-electron chi connectivity index (χ2n) is 5.90. The lowest BCUT2D eigenvalue weighted by Gasteiger charge is -2.13. The maximum absolute atomic E-state index is 9.56. The smallest absolute Gasteiger partial charge is 0.454 e. The van der Waals surface area contributed by atoms with Gasteiger partial charge in [-0.25, -0.2) is 4.98 Å². The van der Waals surface area contributed by atoms with E-state index >= 15 is 0 Å². The predicted molar refractivity (Wildman–Crippen MR) is 93.5 cm³/mol. The molecule has 0 amide bonds. The third-order valence-corrected chi connectivity index (χ3v) is 4.12. The first kappa shape index (κ1) is 16.8. The molecule has 1 N–H and O–H groups in total. The molecule has 1 aliphatic rings. The van der Waals surface area contributed by atoms with Gasteiger partial charge < -0.3 is 19.2 Å². The molecule has 2 heterocycles. The normalized spacial score (nSPS) is 17.1. The average molecular weight is 327 g/mol. The van der Waals surface area contributed by atoms with E-state index in [0.29, 0.717) is 31.2 Å². The van der Waals surface area contributed by atoms with Crippen LogP contribution in [0, 0.1) is 0 Å². The molecule has 0 saturated carbocycles. The van der Waals surface area contributed by atoms with Gasteiger partial charge in [-0.2, -0.15) is 0 Å². The van der Waals surface area contributed by atoms with E-state index in [1.807, 2.05) is 24.3 Å². The highest BCUT2D eigenvalue weighted by Gasteiger charge is 2.29. The van der Waals surface area contributed by atoms with Crippen molar-refractivity contribution in [2.24, 2.45) is 0 Å². The number of methoxy groups -OCH3 is 1. The molecule has 0 bridgehead atoms. The maximum Gasteiger partial charge on any atom is 0.454 e. The Bertz CT molecular complexity index is 694. The predicted octanol–water partition coefficient (Wildman–Crippen LogP) is 3.14. The van der Waals surface area contributed by atoms with Crippen LogP contribution in [0.5, 0.6) is 11.6 Å². The van der Waals surface area contributed by atoms with Crippen LogP contribution in [0.4, 0.5) is 0 Å². The quantitative estimate of drug-likeness (QED) is 0.826. The van der Waals surface area contributed by atoms with Gasteiger partial charge in [0.25, 0.3) is 5.88 Å². The minimum absolute atomic E-state index is 0.217. The van der Waals surface area contributed by atoms with E-state index in [0.717, 1.165) is 23.2 Å². The second-order valence-corrected chi connectivity index (χ2v) is 5.90. The molecule has 126 valence electrons. The van der Waals surface area contributed by atoms with Crippen LogP contribution in [0.1, 0.15) is 24.8 Å². The van der Waals surface area contributed by atoms with Crippen LogP contribution in [-0.2, 0) is 4.65 Å². The van der Waals surface area contributed by atoms with E-state index in [2.05, 4.69) is 24.0 Å². The lowest BCUT2D eigenvalue weighted by molar-refractivity contribution is 0.283. The zero-order chi connectivity index (χ0) is 16.9. The number of benzene rings is 1. The monoisotopic (exact) mass is 327 g/mol. The van der Waals surface area contributed by atoms with Crippen LogP contribution in [0.3, 0.4) is 0 Å². The molecule has 1 fully saturated rings. The minimum atomic E-state index is -0.660. The minimum Gasteiger partial charge on any atom is -0.491 e. The second kappa shape index (κ2) is 7.68. The number of hydrogen-bond acceptors (Lipinski definition) is 5. The van der Waals surface area contributed by atoms with Crippen LogP contribution in [0.2, 0.25) is 6.32 Å². The molecule has 2 aromatic rings. The van der Waals surface area contributed by atoms with Gasteiger partial charge >= 0.3 is 7.12 Å². The summed E-state index contributed by atoms with van der Waals surface area (Å²) in [6.07, 6.45) is 1.54. The third kappa shape index (κ3) is 3.71. The lowest BCUT2D eigenvalue weighted by Crippen LogP contribution is -2.07. The summed E-state index contributed by atoms with van der Waals surface area (Å²) in [6, 6.07) is 12.0. The Hall–Kier alpha value is -2.05. The van der Waals surface area contributed by atoms with Gasteiger partial charge in [-0.1, -0.05) is 25.1 Å². The molecular weight excluding hydrogens is 305 g/mol. The number of pyridine rings is 1. The summed E-state index contributed by atoms with van der Waals surface area (Å²) >= 11 is 0. The van der Waals surface area contributed by atoms with Gasteiger partial charge in [0.15, 0.2) is 5.75 Å². The molecule has 0 spiro atoms. The fourth-order valence-corrected chi connectivity index (χ4v) is 2.84. The van der Waals surface area contributed by atoms with Gasteiger partial charge in [0, 0.05) is 18.1 Å². The Balaban J connectivity index is 1.88. The zero-order valence-electron chi connectivity index (χ0n) is 14.1. The topological polar surface area (TPSA) is 60.8 Å². The van der Waals surface area contributed by atoms with E-state index in [-0.39, 0.29) is 5.92 Å². The summed E-state index contributed by atoms with van der Waals surface area (Å²) in [5, 5.41) is 9.56.